The third kappa shape index (κ3) is 5.29. The highest BCUT2D eigenvalue weighted by molar-refractivity contribution is 7.84. The second-order valence-electron chi connectivity index (χ2n) is 11.2. The van der Waals surface area contributed by atoms with E-state index in [-0.39, 0.29) is 24.5 Å². The van der Waals surface area contributed by atoms with Gasteiger partial charge < -0.3 is 18.8 Å². The van der Waals surface area contributed by atoms with Crippen LogP contribution >= 0.6 is 0 Å². The number of carbonyl (C=O) groups is 1. The van der Waals surface area contributed by atoms with Crippen molar-refractivity contribution in [2.24, 2.45) is 0 Å². The highest BCUT2D eigenvalue weighted by atomic mass is 32.2. The number of carboxylic acids is 1. The lowest BCUT2D eigenvalue weighted by Gasteiger charge is -2.34. The summed E-state index contributed by atoms with van der Waals surface area (Å²) in [5.74, 6) is -0.425. The van der Waals surface area contributed by atoms with Gasteiger partial charge in [0.15, 0.2) is 11.5 Å². The number of benzene rings is 3. The first-order valence-electron chi connectivity index (χ1n) is 14.3. The Morgan fingerprint density at radius 3 is 2.70 bits per heavy atom. The molecule has 7 rings (SSSR count). The molecule has 9 bridgehead atoms. The molecule has 4 heterocycles. The van der Waals surface area contributed by atoms with E-state index in [9.17, 15) is 18.3 Å². The molecule has 1 unspecified atom stereocenters. The molecule has 226 valence electrons. The molecular formula is C31H34N4O7S. The molecule has 11 nitrogen and oxygen atoms in total. The van der Waals surface area contributed by atoms with Crippen molar-refractivity contribution in [2.75, 3.05) is 13.7 Å². The highest BCUT2D eigenvalue weighted by Crippen LogP contribution is 2.44. The van der Waals surface area contributed by atoms with Gasteiger partial charge in [0.2, 0.25) is 0 Å². The standard InChI is InChI=1S/C31H34N4O7S/c1-18-7-8-21-14-25(18)20(3)35-17-22-13-23(15-28(40-4)31(22)42-43(35,38)39)41-12-6-5-11-34-27-10-9-24(26(21)16-29(36)37)19(2)30(27)32-33-34/h7-10,13-15,20,26H,5-6,11-12,16-17H2,1-4H3,(H,36,37)/t20-,26+/m1/s1. The number of aromatic nitrogens is 3. The first-order chi connectivity index (χ1) is 20.6. The molecule has 1 aromatic heterocycles. The fourth-order valence-corrected chi connectivity index (χ4v) is 7.45. The molecule has 0 aliphatic carbocycles. The van der Waals surface area contributed by atoms with Crippen molar-refractivity contribution in [1.29, 1.82) is 0 Å². The van der Waals surface area contributed by atoms with Gasteiger partial charge >= 0.3 is 16.3 Å². The van der Waals surface area contributed by atoms with Crippen LogP contribution in [-0.2, 0) is 28.2 Å². The quantitative estimate of drug-likeness (QED) is 0.341. The molecule has 12 heteroatoms. The van der Waals surface area contributed by atoms with Crippen LogP contribution in [0.15, 0.2) is 42.5 Å². The summed E-state index contributed by atoms with van der Waals surface area (Å²) in [6.45, 7) is 6.81. The van der Waals surface area contributed by atoms with Crippen molar-refractivity contribution in [3.8, 4) is 17.2 Å². The lowest BCUT2D eigenvalue weighted by Crippen LogP contribution is -2.39. The van der Waals surface area contributed by atoms with E-state index < -0.39 is 28.2 Å². The van der Waals surface area contributed by atoms with E-state index in [1.807, 2.05) is 55.8 Å². The van der Waals surface area contributed by atoms with Gasteiger partial charge in [-0.25, -0.2) is 4.68 Å². The summed E-state index contributed by atoms with van der Waals surface area (Å²) < 4.78 is 47.3. The second kappa shape index (κ2) is 11.2. The Bertz CT molecular complexity index is 1840. The molecule has 3 aliphatic heterocycles. The monoisotopic (exact) mass is 606 g/mol. The Kier molecular flexibility index (Phi) is 7.51. The summed E-state index contributed by atoms with van der Waals surface area (Å²) in [5, 5.41) is 18.8. The van der Waals surface area contributed by atoms with Gasteiger partial charge in [0, 0.05) is 30.6 Å². The molecule has 3 aliphatic rings. The summed E-state index contributed by atoms with van der Waals surface area (Å²) in [6, 6.07) is 12.5. The second-order valence-corrected chi connectivity index (χ2v) is 12.6. The van der Waals surface area contributed by atoms with Crippen molar-refractivity contribution in [3.63, 3.8) is 0 Å². The number of methoxy groups -OCH3 is 1. The van der Waals surface area contributed by atoms with Crippen molar-refractivity contribution in [3.05, 3.63) is 75.8 Å². The zero-order chi connectivity index (χ0) is 30.5. The Morgan fingerprint density at radius 1 is 1.12 bits per heavy atom. The molecule has 4 aromatic rings. The smallest absolute Gasteiger partial charge is 0.386 e. The maximum atomic E-state index is 13.5. The third-order valence-electron chi connectivity index (χ3n) is 8.48. The van der Waals surface area contributed by atoms with Gasteiger partial charge in [-0.1, -0.05) is 29.5 Å². The van der Waals surface area contributed by atoms with Crippen LogP contribution in [0.1, 0.15) is 71.5 Å². The fourth-order valence-electron chi connectivity index (χ4n) is 6.15. The predicted molar refractivity (Wildman–Crippen MR) is 159 cm³/mol. The van der Waals surface area contributed by atoms with E-state index in [1.54, 1.807) is 12.1 Å². The minimum absolute atomic E-state index is 0.0521. The maximum Gasteiger partial charge on any atom is 0.386 e. The molecule has 0 amide bonds. The zero-order valence-corrected chi connectivity index (χ0v) is 25.3. The molecule has 0 spiro atoms. The van der Waals surface area contributed by atoms with Crippen LogP contribution in [0.5, 0.6) is 17.2 Å². The van der Waals surface area contributed by atoms with Gasteiger partial charge in [0.1, 0.15) is 11.3 Å². The lowest BCUT2D eigenvalue weighted by molar-refractivity contribution is -0.137. The molecular weight excluding hydrogens is 572 g/mol. The first kappa shape index (κ1) is 28.9. The zero-order valence-electron chi connectivity index (χ0n) is 24.5. The number of fused-ring (bicyclic) bond motifs is 5. The number of aliphatic carboxylic acids is 1. The van der Waals surface area contributed by atoms with Gasteiger partial charge in [-0.05, 0) is 73.6 Å². The Hall–Kier alpha value is -4.16. The molecule has 0 saturated heterocycles. The SMILES string of the molecule is COc1cc2cc3c1OS(=O)(=O)N(C3)[C@H](C)c1cc(ccc1C)[C@H](CC(=O)O)c1ccc3c(nnn3CCCCO2)c1C. The minimum atomic E-state index is -4.19. The molecule has 0 saturated carbocycles. The molecule has 0 fully saturated rings. The molecule has 3 atom stereocenters. The number of rotatable bonds is 3. The average molecular weight is 607 g/mol. The summed E-state index contributed by atoms with van der Waals surface area (Å²) in [4.78, 5) is 12.1. The number of hydrogen-bond acceptors (Lipinski definition) is 8. The molecule has 1 N–H and O–H groups in total. The highest BCUT2D eigenvalue weighted by Gasteiger charge is 2.38. The normalized spacial score (nSPS) is 21.3. The summed E-state index contributed by atoms with van der Waals surface area (Å²) in [6.07, 6.45) is 1.40. The number of nitrogens with zero attached hydrogens (tertiary/aromatic N) is 4. The van der Waals surface area contributed by atoms with Crippen LogP contribution in [0, 0.1) is 13.8 Å². The topological polar surface area (TPSA) is 133 Å². The van der Waals surface area contributed by atoms with Crippen molar-refractivity contribution < 1.29 is 32.0 Å². The first-order valence-corrected chi connectivity index (χ1v) is 15.6. The van der Waals surface area contributed by atoms with E-state index in [0.29, 0.717) is 24.5 Å². The Morgan fingerprint density at radius 2 is 1.93 bits per heavy atom. The number of hydrogen-bond donors (Lipinski definition) is 1. The van der Waals surface area contributed by atoms with Crippen molar-refractivity contribution >= 4 is 27.3 Å². The number of carboxylic acid groups (broad SMARTS) is 1. The Labute approximate surface area is 250 Å². The maximum absolute atomic E-state index is 13.5. The van der Waals surface area contributed by atoms with E-state index >= 15 is 0 Å². The molecule has 3 aromatic carbocycles. The van der Waals surface area contributed by atoms with Crippen molar-refractivity contribution in [2.45, 2.75) is 65.1 Å². The van der Waals surface area contributed by atoms with Crippen molar-refractivity contribution in [1.82, 2.24) is 19.3 Å². The molecule has 0 radical (unpaired) electrons. The van der Waals surface area contributed by atoms with E-state index in [2.05, 4.69) is 10.3 Å². The summed E-state index contributed by atoms with van der Waals surface area (Å²) in [7, 11) is -2.73. The van der Waals surface area contributed by atoms with Crippen LogP contribution < -0.4 is 13.7 Å². The summed E-state index contributed by atoms with van der Waals surface area (Å²) in [5.41, 5.74) is 6.35. The van der Waals surface area contributed by atoms with Gasteiger partial charge in [0.25, 0.3) is 0 Å². The van der Waals surface area contributed by atoms with Crippen LogP contribution in [0.2, 0.25) is 0 Å². The molecule has 43 heavy (non-hydrogen) atoms. The fraction of sp³-hybridized carbons (Fsp3) is 0.387. The van der Waals surface area contributed by atoms with E-state index in [1.165, 1.54) is 11.4 Å². The lowest BCUT2D eigenvalue weighted by atomic mass is 9.83. The van der Waals surface area contributed by atoms with Crippen LogP contribution in [0.25, 0.3) is 11.0 Å². The van der Waals surface area contributed by atoms with Gasteiger partial charge in [-0.15, -0.1) is 5.10 Å². The number of ether oxygens (including phenoxy) is 2. The van der Waals surface area contributed by atoms with Gasteiger partial charge in [-0.2, -0.15) is 12.7 Å². The van der Waals surface area contributed by atoms with E-state index in [4.69, 9.17) is 13.7 Å². The number of aryl methyl sites for hydroxylation is 3. The largest absolute Gasteiger partial charge is 0.493 e. The van der Waals surface area contributed by atoms with E-state index in [0.717, 1.165) is 51.7 Å². The van der Waals surface area contributed by atoms with Crippen LogP contribution in [0.3, 0.4) is 0 Å². The minimum Gasteiger partial charge on any atom is -0.493 e. The van der Waals surface area contributed by atoms with Gasteiger partial charge in [-0.3, -0.25) is 4.79 Å². The average Bonchev–Trinajstić information content (AvgIpc) is 3.38. The van der Waals surface area contributed by atoms with Crippen LogP contribution in [-0.4, -0.2) is 52.5 Å². The third-order valence-corrected chi connectivity index (χ3v) is 9.88. The summed E-state index contributed by atoms with van der Waals surface area (Å²) >= 11 is 0. The van der Waals surface area contributed by atoms with Crippen LogP contribution in [0.4, 0.5) is 0 Å². The Balaban J connectivity index is 1.51. The van der Waals surface area contributed by atoms with Gasteiger partial charge in [0.05, 0.1) is 31.7 Å². The predicted octanol–water partition coefficient (Wildman–Crippen LogP) is 5.04.